The van der Waals surface area contributed by atoms with Gasteiger partial charge in [-0.25, -0.2) is 0 Å². The number of amides is 1. The van der Waals surface area contributed by atoms with Crippen LogP contribution in [0.5, 0.6) is 5.75 Å². The van der Waals surface area contributed by atoms with E-state index >= 15 is 0 Å². The van der Waals surface area contributed by atoms with Crippen LogP contribution >= 0.6 is 0 Å². The monoisotopic (exact) mass is 318 g/mol. The zero-order chi connectivity index (χ0) is 16.7. The molecule has 0 aliphatic heterocycles. The lowest BCUT2D eigenvalue weighted by atomic mass is 9.87. The molecule has 0 heterocycles. The Bertz CT molecular complexity index is 479. The van der Waals surface area contributed by atoms with Gasteiger partial charge in [-0.15, -0.1) is 0 Å². The summed E-state index contributed by atoms with van der Waals surface area (Å²) in [6.07, 6.45) is 7.00. The first-order chi connectivity index (χ1) is 11.1. The highest BCUT2D eigenvalue weighted by Gasteiger charge is 2.19. The molecular formula is C19H30N2O2. The maximum atomic E-state index is 12.2. The number of ether oxygens (including phenoxy) is 1. The molecule has 1 saturated carbocycles. The first-order valence-electron chi connectivity index (χ1n) is 8.67. The third-order valence-corrected chi connectivity index (χ3v) is 4.82. The van der Waals surface area contributed by atoms with E-state index in [1.54, 1.807) is 7.11 Å². The molecule has 128 valence electrons. The third kappa shape index (κ3) is 5.54. The first-order valence-corrected chi connectivity index (χ1v) is 8.67. The van der Waals surface area contributed by atoms with Crippen molar-refractivity contribution < 1.29 is 9.53 Å². The van der Waals surface area contributed by atoms with Gasteiger partial charge in [0.15, 0.2) is 0 Å². The normalized spacial score (nSPS) is 17.0. The fourth-order valence-corrected chi connectivity index (χ4v) is 3.36. The zero-order valence-corrected chi connectivity index (χ0v) is 14.7. The summed E-state index contributed by atoms with van der Waals surface area (Å²) < 4.78 is 5.21. The van der Waals surface area contributed by atoms with Crippen molar-refractivity contribution in [2.75, 3.05) is 27.7 Å². The van der Waals surface area contributed by atoms with Crippen LogP contribution in [0, 0.1) is 5.92 Å². The summed E-state index contributed by atoms with van der Waals surface area (Å²) in [7, 11) is 5.76. The van der Waals surface area contributed by atoms with E-state index in [-0.39, 0.29) is 11.9 Å². The molecular weight excluding hydrogens is 288 g/mol. The minimum atomic E-state index is 0.177. The standard InChI is InChI=1S/C19H30N2O2/c1-21(2)18(16-9-11-17(23-3)12-10-16)14-20-19(22)13-15-7-5-4-6-8-15/h9-12,15,18H,4-8,13-14H2,1-3H3,(H,20,22). The van der Waals surface area contributed by atoms with Gasteiger partial charge in [0.2, 0.25) is 5.91 Å². The molecule has 4 heteroatoms. The van der Waals surface area contributed by atoms with Gasteiger partial charge in [0, 0.05) is 13.0 Å². The third-order valence-electron chi connectivity index (χ3n) is 4.82. The van der Waals surface area contributed by atoms with Crippen molar-refractivity contribution in [2.24, 2.45) is 5.92 Å². The molecule has 1 aromatic carbocycles. The van der Waals surface area contributed by atoms with Gasteiger partial charge in [-0.3, -0.25) is 4.79 Å². The summed E-state index contributed by atoms with van der Waals surface area (Å²) in [5.74, 6) is 1.63. The van der Waals surface area contributed by atoms with Crippen molar-refractivity contribution in [1.82, 2.24) is 10.2 Å². The predicted molar refractivity (Wildman–Crippen MR) is 93.6 cm³/mol. The quantitative estimate of drug-likeness (QED) is 0.838. The summed E-state index contributed by atoms with van der Waals surface area (Å²) in [5, 5.41) is 3.13. The zero-order valence-electron chi connectivity index (χ0n) is 14.7. The molecule has 1 atom stereocenters. The van der Waals surface area contributed by atoms with Gasteiger partial charge in [-0.05, 0) is 50.6 Å². The smallest absolute Gasteiger partial charge is 0.220 e. The average Bonchev–Trinajstić information content (AvgIpc) is 2.56. The van der Waals surface area contributed by atoms with Crippen molar-refractivity contribution in [2.45, 2.75) is 44.6 Å². The highest BCUT2D eigenvalue weighted by atomic mass is 16.5. The number of rotatable bonds is 7. The summed E-state index contributed by atoms with van der Waals surface area (Å²) in [5.41, 5.74) is 1.19. The summed E-state index contributed by atoms with van der Waals surface area (Å²) in [6, 6.07) is 8.25. The van der Waals surface area contributed by atoms with Crippen molar-refractivity contribution in [3.8, 4) is 5.75 Å². The molecule has 23 heavy (non-hydrogen) atoms. The molecule has 0 radical (unpaired) electrons. The lowest BCUT2D eigenvalue weighted by Gasteiger charge is -2.26. The Morgan fingerprint density at radius 2 is 1.87 bits per heavy atom. The number of methoxy groups -OCH3 is 1. The van der Waals surface area contributed by atoms with Crippen molar-refractivity contribution >= 4 is 5.91 Å². The molecule has 1 amide bonds. The van der Waals surface area contributed by atoms with Crippen molar-refractivity contribution in [3.05, 3.63) is 29.8 Å². The van der Waals surface area contributed by atoms with Crippen LogP contribution in [0.15, 0.2) is 24.3 Å². The van der Waals surface area contributed by atoms with Crippen LogP contribution < -0.4 is 10.1 Å². The Labute approximate surface area is 140 Å². The second kappa shape index (κ2) is 8.92. The van der Waals surface area contributed by atoms with E-state index in [1.807, 2.05) is 26.2 Å². The Morgan fingerprint density at radius 1 is 1.22 bits per heavy atom. The highest BCUT2D eigenvalue weighted by Crippen LogP contribution is 2.26. The minimum Gasteiger partial charge on any atom is -0.497 e. The lowest BCUT2D eigenvalue weighted by molar-refractivity contribution is -0.122. The first kappa shape index (κ1) is 17.8. The van der Waals surface area contributed by atoms with E-state index in [0.717, 1.165) is 5.75 Å². The van der Waals surface area contributed by atoms with Gasteiger partial charge in [0.05, 0.1) is 13.2 Å². The van der Waals surface area contributed by atoms with Crippen LogP contribution in [-0.4, -0.2) is 38.6 Å². The molecule has 0 aromatic heterocycles. The number of hydrogen-bond donors (Lipinski definition) is 1. The van der Waals surface area contributed by atoms with Crippen LogP contribution in [0.1, 0.15) is 50.1 Å². The number of likely N-dealkylation sites (N-methyl/N-ethyl adjacent to an activating group) is 1. The molecule has 1 N–H and O–H groups in total. The number of carbonyl (C=O) groups excluding carboxylic acids is 1. The Balaban J connectivity index is 1.87. The summed E-state index contributed by atoms with van der Waals surface area (Å²) in [4.78, 5) is 14.4. The molecule has 1 aliphatic rings. The number of nitrogens with zero attached hydrogens (tertiary/aromatic N) is 1. The topological polar surface area (TPSA) is 41.6 Å². The predicted octanol–water partition coefficient (Wildman–Crippen LogP) is 3.38. The fourth-order valence-electron chi connectivity index (χ4n) is 3.36. The minimum absolute atomic E-state index is 0.177. The van der Waals surface area contributed by atoms with E-state index in [2.05, 4.69) is 22.3 Å². The van der Waals surface area contributed by atoms with Crippen molar-refractivity contribution in [1.29, 1.82) is 0 Å². The van der Waals surface area contributed by atoms with Crippen molar-refractivity contribution in [3.63, 3.8) is 0 Å². The summed E-state index contributed by atoms with van der Waals surface area (Å²) >= 11 is 0. The molecule has 1 aliphatic carbocycles. The number of nitrogens with one attached hydrogen (secondary N) is 1. The van der Waals surface area contributed by atoms with Crippen LogP contribution in [0.2, 0.25) is 0 Å². The number of hydrogen-bond acceptors (Lipinski definition) is 3. The van der Waals surface area contributed by atoms with Gasteiger partial charge in [-0.2, -0.15) is 0 Å². The molecule has 0 saturated heterocycles. The fraction of sp³-hybridized carbons (Fsp3) is 0.632. The van der Waals surface area contributed by atoms with Gasteiger partial charge >= 0.3 is 0 Å². The second-order valence-corrected chi connectivity index (χ2v) is 6.76. The van der Waals surface area contributed by atoms with E-state index in [4.69, 9.17) is 4.74 Å². The Morgan fingerprint density at radius 3 is 2.43 bits per heavy atom. The molecule has 1 unspecified atom stereocenters. The lowest BCUT2D eigenvalue weighted by Crippen LogP contribution is -2.35. The van der Waals surface area contributed by atoms with Crippen LogP contribution in [0.3, 0.4) is 0 Å². The number of benzene rings is 1. The summed E-state index contributed by atoms with van der Waals surface area (Å²) in [6.45, 7) is 0.644. The highest BCUT2D eigenvalue weighted by molar-refractivity contribution is 5.76. The largest absolute Gasteiger partial charge is 0.497 e. The molecule has 0 spiro atoms. The Hall–Kier alpha value is -1.55. The number of carbonyl (C=O) groups is 1. The average molecular weight is 318 g/mol. The molecule has 1 aromatic rings. The van der Waals surface area contributed by atoms with Gasteiger partial charge < -0.3 is 15.0 Å². The molecule has 4 nitrogen and oxygen atoms in total. The van der Waals surface area contributed by atoms with Crippen LogP contribution in [-0.2, 0) is 4.79 Å². The molecule has 2 rings (SSSR count). The maximum absolute atomic E-state index is 12.2. The van der Waals surface area contributed by atoms with Crippen LogP contribution in [0.25, 0.3) is 0 Å². The van der Waals surface area contributed by atoms with E-state index in [0.29, 0.717) is 18.9 Å². The van der Waals surface area contributed by atoms with Gasteiger partial charge in [0.1, 0.15) is 5.75 Å². The Kier molecular flexibility index (Phi) is 6.90. The van der Waals surface area contributed by atoms with E-state index in [9.17, 15) is 4.79 Å². The van der Waals surface area contributed by atoms with E-state index < -0.39 is 0 Å². The second-order valence-electron chi connectivity index (χ2n) is 6.76. The van der Waals surface area contributed by atoms with E-state index in [1.165, 1.54) is 37.7 Å². The molecule has 0 bridgehead atoms. The molecule has 1 fully saturated rings. The maximum Gasteiger partial charge on any atom is 0.220 e. The SMILES string of the molecule is COc1ccc(C(CNC(=O)CC2CCCCC2)N(C)C)cc1. The van der Waals surface area contributed by atoms with Crippen LogP contribution in [0.4, 0.5) is 0 Å². The van der Waals surface area contributed by atoms with Gasteiger partial charge in [-0.1, -0.05) is 31.4 Å². The van der Waals surface area contributed by atoms with Gasteiger partial charge in [0.25, 0.3) is 0 Å².